The highest BCUT2D eigenvalue weighted by Crippen LogP contribution is 2.28. The van der Waals surface area contributed by atoms with Crippen LogP contribution in [0.2, 0.25) is 0 Å². The summed E-state index contributed by atoms with van der Waals surface area (Å²) in [5.41, 5.74) is 2.49. The van der Waals surface area contributed by atoms with E-state index >= 15 is 0 Å². The Kier molecular flexibility index (Phi) is 4.93. The van der Waals surface area contributed by atoms with Gasteiger partial charge in [0.25, 0.3) is 0 Å². The van der Waals surface area contributed by atoms with Crippen LogP contribution in [-0.2, 0) is 17.9 Å². The van der Waals surface area contributed by atoms with E-state index in [4.69, 9.17) is 4.74 Å². The monoisotopic (exact) mass is 261 g/mol. The largest absolute Gasteiger partial charge is 0.380 e. The minimum absolute atomic E-state index is 0.677. The maximum atomic E-state index is 5.12. The van der Waals surface area contributed by atoms with Crippen molar-refractivity contribution in [3.05, 3.63) is 46.8 Å². The summed E-state index contributed by atoms with van der Waals surface area (Å²) < 4.78 is 5.12. The van der Waals surface area contributed by atoms with E-state index in [1.165, 1.54) is 20.9 Å². The lowest BCUT2D eigenvalue weighted by molar-refractivity contribution is 0.185. The second-order valence-corrected chi connectivity index (χ2v) is 5.34. The van der Waals surface area contributed by atoms with Crippen molar-refractivity contribution in [2.24, 2.45) is 0 Å². The van der Waals surface area contributed by atoms with Gasteiger partial charge in [0.05, 0.1) is 6.61 Å². The topological polar surface area (TPSA) is 21.3 Å². The van der Waals surface area contributed by atoms with E-state index in [1.807, 2.05) is 11.3 Å². The van der Waals surface area contributed by atoms with E-state index in [-0.39, 0.29) is 0 Å². The molecule has 1 N–H and O–H groups in total. The molecule has 1 aromatic carbocycles. The third-order valence-corrected chi connectivity index (χ3v) is 3.89. The second kappa shape index (κ2) is 6.69. The molecule has 0 unspecified atom stereocenters. The molecule has 0 saturated heterocycles. The zero-order valence-electron chi connectivity index (χ0n) is 10.9. The average molecular weight is 261 g/mol. The summed E-state index contributed by atoms with van der Waals surface area (Å²) >= 11 is 1.85. The molecule has 0 fully saturated rings. The minimum Gasteiger partial charge on any atom is -0.380 e. The summed E-state index contributed by atoms with van der Waals surface area (Å²) in [5.74, 6) is 0. The van der Waals surface area contributed by atoms with E-state index in [0.717, 1.165) is 13.1 Å². The molecule has 0 spiro atoms. The van der Waals surface area contributed by atoms with Gasteiger partial charge in [-0.25, -0.2) is 0 Å². The zero-order valence-corrected chi connectivity index (χ0v) is 11.7. The molecule has 1 aromatic heterocycles. The molecule has 1 heterocycles. The number of nitrogens with one attached hydrogen (secondary N) is 1. The predicted molar refractivity (Wildman–Crippen MR) is 77.8 cm³/mol. The summed E-state index contributed by atoms with van der Waals surface area (Å²) in [6.45, 7) is 4.78. The van der Waals surface area contributed by atoms with Gasteiger partial charge in [0.1, 0.15) is 0 Å². The second-order valence-electron chi connectivity index (χ2n) is 4.18. The number of ether oxygens (including phenoxy) is 1. The van der Waals surface area contributed by atoms with Crippen molar-refractivity contribution in [2.75, 3.05) is 13.7 Å². The molecular weight excluding hydrogens is 242 g/mol. The van der Waals surface area contributed by atoms with Crippen LogP contribution < -0.4 is 5.32 Å². The van der Waals surface area contributed by atoms with Crippen LogP contribution in [0.5, 0.6) is 0 Å². The van der Waals surface area contributed by atoms with Gasteiger partial charge in [-0.2, -0.15) is 0 Å². The maximum Gasteiger partial charge on any atom is 0.0713 e. The first-order chi connectivity index (χ1) is 8.83. The standard InChI is InChI=1S/C15H19NOS/c1-3-16-10-14-8-9-15(18-14)13-6-4-12(5-7-13)11-17-2/h4-9,16H,3,10-11H2,1-2H3. The molecule has 0 atom stereocenters. The molecular formula is C15H19NOS. The van der Waals surface area contributed by atoms with E-state index in [0.29, 0.717) is 6.61 Å². The Balaban J connectivity index is 2.08. The molecule has 18 heavy (non-hydrogen) atoms. The SMILES string of the molecule is CCNCc1ccc(-c2ccc(COC)cc2)s1. The molecule has 2 nitrogen and oxygen atoms in total. The number of methoxy groups -OCH3 is 1. The first-order valence-corrected chi connectivity index (χ1v) is 7.03. The smallest absolute Gasteiger partial charge is 0.0713 e. The van der Waals surface area contributed by atoms with Crippen LogP contribution in [0.1, 0.15) is 17.4 Å². The van der Waals surface area contributed by atoms with Crippen LogP contribution in [0, 0.1) is 0 Å². The van der Waals surface area contributed by atoms with Crippen molar-refractivity contribution in [1.82, 2.24) is 5.32 Å². The Labute approximate surface area is 113 Å². The molecule has 0 amide bonds. The third-order valence-electron chi connectivity index (χ3n) is 2.76. The van der Waals surface area contributed by atoms with Gasteiger partial charge in [-0.15, -0.1) is 11.3 Å². The lowest BCUT2D eigenvalue weighted by Crippen LogP contribution is -2.10. The number of rotatable bonds is 6. The number of hydrogen-bond acceptors (Lipinski definition) is 3. The van der Waals surface area contributed by atoms with Gasteiger partial charge in [0, 0.05) is 23.4 Å². The Morgan fingerprint density at radius 1 is 1.11 bits per heavy atom. The number of hydrogen-bond donors (Lipinski definition) is 1. The number of benzene rings is 1. The van der Waals surface area contributed by atoms with Gasteiger partial charge in [0.15, 0.2) is 0 Å². The van der Waals surface area contributed by atoms with Gasteiger partial charge < -0.3 is 10.1 Å². The Morgan fingerprint density at radius 2 is 1.89 bits per heavy atom. The van der Waals surface area contributed by atoms with Gasteiger partial charge in [-0.1, -0.05) is 31.2 Å². The fourth-order valence-electron chi connectivity index (χ4n) is 1.81. The van der Waals surface area contributed by atoms with Crippen molar-refractivity contribution >= 4 is 11.3 Å². The summed E-state index contributed by atoms with van der Waals surface area (Å²) in [6, 6.07) is 13.0. The van der Waals surface area contributed by atoms with Crippen molar-refractivity contribution < 1.29 is 4.74 Å². The molecule has 96 valence electrons. The molecule has 3 heteroatoms. The summed E-state index contributed by atoms with van der Waals surface area (Å²) in [6.07, 6.45) is 0. The van der Waals surface area contributed by atoms with Crippen LogP contribution in [0.25, 0.3) is 10.4 Å². The van der Waals surface area contributed by atoms with Gasteiger partial charge >= 0.3 is 0 Å². The summed E-state index contributed by atoms with van der Waals surface area (Å²) in [4.78, 5) is 2.71. The van der Waals surface area contributed by atoms with Crippen molar-refractivity contribution in [3.8, 4) is 10.4 Å². The Morgan fingerprint density at radius 3 is 2.56 bits per heavy atom. The molecule has 0 bridgehead atoms. The highest BCUT2D eigenvalue weighted by Gasteiger charge is 2.02. The lowest BCUT2D eigenvalue weighted by Gasteiger charge is -2.01. The van der Waals surface area contributed by atoms with Crippen molar-refractivity contribution in [3.63, 3.8) is 0 Å². The van der Waals surface area contributed by atoms with Gasteiger partial charge in [-0.05, 0) is 29.8 Å². The minimum atomic E-state index is 0.677. The molecule has 0 radical (unpaired) electrons. The van der Waals surface area contributed by atoms with Crippen LogP contribution in [0.4, 0.5) is 0 Å². The average Bonchev–Trinajstić information content (AvgIpc) is 2.86. The number of thiophene rings is 1. The van der Waals surface area contributed by atoms with Crippen LogP contribution >= 0.6 is 11.3 Å². The fraction of sp³-hybridized carbons (Fsp3) is 0.333. The molecule has 0 aliphatic heterocycles. The Hall–Kier alpha value is -1.16. The highest BCUT2D eigenvalue weighted by molar-refractivity contribution is 7.15. The first-order valence-electron chi connectivity index (χ1n) is 6.21. The predicted octanol–water partition coefficient (Wildman–Crippen LogP) is 3.67. The third kappa shape index (κ3) is 3.42. The van der Waals surface area contributed by atoms with Crippen molar-refractivity contribution in [1.29, 1.82) is 0 Å². The van der Waals surface area contributed by atoms with E-state index in [1.54, 1.807) is 7.11 Å². The first kappa shape index (κ1) is 13.3. The highest BCUT2D eigenvalue weighted by atomic mass is 32.1. The van der Waals surface area contributed by atoms with E-state index in [2.05, 4.69) is 48.6 Å². The normalized spacial score (nSPS) is 10.8. The maximum absolute atomic E-state index is 5.12. The lowest BCUT2D eigenvalue weighted by atomic mass is 10.1. The molecule has 0 aliphatic carbocycles. The van der Waals surface area contributed by atoms with E-state index < -0.39 is 0 Å². The summed E-state index contributed by atoms with van der Waals surface area (Å²) in [7, 11) is 1.72. The zero-order chi connectivity index (χ0) is 12.8. The van der Waals surface area contributed by atoms with Crippen LogP contribution in [0.15, 0.2) is 36.4 Å². The fourth-order valence-corrected chi connectivity index (χ4v) is 2.79. The summed E-state index contributed by atoms with van der Waals surface area (Å²) in [5, 5.41) is 3.35. The quantitative estimate of drug-likeness (QED) is 0.856. The van der Waals surface area contributed by atoms with Gasteiger partial charge in [-0.3, -0.25) is 0 Å². The van der Waals surface area contributed by atoms with Gasteiger partial charge in [0.2, 0.25) is 0 Å². The van der Waals surface area contributed by atoms with Crippen LogP contribution in [-0.4, -0.2) is 13.7 Å². The van der Waals surface area contributed by atoms with E-state index in [9.17, 15) is 0 Å². The molecule has 2 aromatic rings. The molecule has 0 aliphatic rings. The molecule has 0 saturated carbocycles. The molecule has 2 rings (SSSR count). The van der Waals surface area contributed by atoms with Crippen molar-refractivity contribution in [2.45, 2.75) is 20.1 Å². The Bertz CT molecular complexity index is 475. The van der Waals surface area contributed by atoms with Crippen LogP contribution in [0.3, 0.4) is 0 Å².